The molecule has 0 bridgehead atoms. The first kappa shape index (κ1) is 19.8. The summed E-state index contributed by atoms with van der Waals surface area (Å²) >= 11 is 5.09. The van der Waals surface area contributed by atoms with Gasteiger partial charge in [0.05, 0.1) is 23.1 Å². The summed E-state index contributed by atoms with van der Waals surface area (Å²) in [4.78, 5) is 17.7. The van der Waals surface area contributed by atoms with Crippen molar-refractivity contribution in [1.29, 1.82) is 0 Å². The molecule has 0 saturated carbocycles. The van der Waals surface area contributed by atoms with Gasteiger partial charge >= 0.3 is 0 Å². The number of likely N-dealkylation sites (tertiary alicyclic amines) is 1. The number of nitrogens with zero attached hydrogens (tertiary/aromatic N) is 2. The predicted molar refractivity (Wildman–Crippen MR) is 101 cm³/mol. The average molecular weight is 438 g/mol. The van der Waals surface area contributed by atoms with Gasteiger partial charge in [0, 0.05) is 30.6 Å². The number of nitrogens with one attached hydrogen (secondary N) is 1. The van der Waals surface area contributed by atoms with Crippen LogP contribution in [0.2, 0.25) is 0 Å². The van der Waals surface area contributed by atoms with Crippen LogP contribution in [0.1, 0.15) is 24.6 Å². The number of carbonyl (C=O) groups is 1. The van der Waals surface area contributed by atoms with E-state index >= 15 is 0 Å². The second-order valence-corrected chi connectivity index (χ2v) is 10.4. The zero-order valence-electron chi connectivity index (χ0n) is 14.0. The molecule has 0 aromatic carbocycles. The molecular weight excluding hydrogens is 414 g/mol. The normalized spacial score (nSPS) is 17.1. The lowest BCUT2D eigenvalue weighted by Crippen LogP contribution is -2.47. The van der Waals surface area contributed by atoms with Crippen molar-refractivity contribution in [1.82, 2.24) is 14.5 Å². The number of amides is 1. The lowest BCUT2D eigenvalue weighted by Gasteiger charge is -2.32. The number of hydrogen-bond donors (Lipinski definition) is 1. The Balaban J connectivity index is 1.81. The Hall–Kier alpha value is -0.480. The van der Waals surface area contributed by atoms with Crippen molar-refractivity contribution in [3.63, 3.8) is 0 Å². The summed E-state index contributed by atoms with van der Waals surface area (Å²) in [5.74, 6) is 0.122. The Morgan fingerprint density at radius 3 is 2.58 bits per heavy atom. The van der Waals surface area contributed by atoms with Gasteiger partial charge in [-0.3, -0.25) is 9.69 Å². The zero-order chi connectivity index (χ0) is 17.7. The van der Waals surface area contributed by atoms with E-state index in [1.54, 1.807) is 11.3 Å². The molecular formula is C15H24BrN3O3S2. The van der Waals surface area contributed by atoms with Crippen LogP contribution in [0.4, 0.5) is 0 Å². The van der Waals surface area contributed by atoms with Gasteiger partial charge in [0.25, 0.3) is 0 Å². The number of likely N-dealkylation sites (N-methyl/N-ethyl adjacent to an activating group) is 1. The molecule has 0 spiro atoms. The lowest BCUT2D eigenvalue weighted by atomic mass is 10.1. The van der Waals surface area contributed by atoms with E-state index in [0.29, 0.717) is 19.6 Å². The lowest BCUT2D eigenvalue weighted by molar-refractivity contribution is -0.133. The Kier molecular flexibility index (Phi) is 7.23. The molecule has 1 N–H and O–H groups in total. The maximum Gasteiger partial charge on any atom is 0.237 e. The van der Waals surface area contributed by atoms with Gasteiger partial charge in [-0.25, -0.2) is 13.1 Å². The summed E-state index contributed by atoms with van der Waals surface area (Å²) in [6.45, 7) is 5.18. The van der Waals surface area contributed by atoms with E-state index in [0.717, 1.165) is 34.6 Å². The number of rotatable bonds is 7. The summed E-state index contributed by atoms with van der Waals surface area (Å²) in [7, 11) is -3.16. The van der Waals surface area contributed by atoms with Crippen molar-refractivity contribution in [2.24, 2.45) is 0 Å². The minimum absolute atomic E-state index is 0.0166. The van der Waals surface area contributed by atoms with Crippen molar-refractivity contribution in [2.75, 3.05) is 32.4 Å². The Morgan fingerprint density at radius 2 is 2.08 bits per heavy atom. The highest BCUT2D eigenvalue weighted by Crippen LogP contribution is 2.23. The van der Waals surface area contributed by atoms with E-state index in [1.807, 2.05) is 24.0 Å². The van der Waals surface area contributed by atoms with Crippen LogP contribution in [-0.2, 0) is 21.4 Å². The zero-order valence-corrected chi connectivity index (χ0v) is 17.2. The Bertz CT molecular complexity index is 655. The number of halogens is 1. The summed E-state index contributed by atoms with van der Waals surface area (Å²) in [6.07, 6.45) is 2.67. The highest BCUT2D eigenvalue weighted by Gasteiger charge is 2.24. The van der Waals surface area contributed by atoms with E-state index in [2.05, 4.69) is 25.6 Å². The molecule has 0 unspecified atom stereocenters. The van der Waals surface area contributed by atoms with Crippen molar-refractivity contribution < 1.29 is 13.2 Å². The third-order valence-electron chi connectivity index (χ3n) is 4.04. The van der Waals surface area contributed by atoms with Crippen molar-refractivity contribution in [3.05, 3.63) is 20.8 Å². The number of hydrogen-bond acceptors (Lipinski definition) is 5. The van der Waals surface area contributed by atoms with Crippen LogP contribution in [0.3, 0.4) is 0 Å². The number of piperidine rings is 1. The fourth-order valence-electron chi connectivity index (χ4n) is 2.80. The minimum Gasteiger partial charge on any atom is -0.337 e. The average Bonchev–Trinajstić information content (AvgIpc) is 2.90. The fourth-order valence-corrected chi connectivity index (χ4v) is 5.14. The van der Waals surface area contributed by atoms with Crippen LogP contribution in [0.15, 0.2) is 15.9 Å². The van der Waals surface area contributed by atoms with Gasteiger partial charge in [-0.05, 0) is 47.8 Å². The van der Waals surface area contributed by atoms with Crippen LogP contribution < -0.4 is 4.72 Å². The molecule has 1 saturated heterocycles. The molecule has 1 fully saturated rings. The summed E-state index contributed by atoms with van der Waals surface area (Å²) in [5.41, 5.74) is 0. The third-order valence-corrected chi connectivity index (χ3v) is 6.41. The Morgan fingerprint density at radius 1 is 1.42 bits per heavy atom. The molecule has 1 aliphatic rings. The first-order chi connectivity index (χ1) is 11.3. The van der Waals surface area contributed by atoms with Crippen LogP contribution in [-0.4, -0.2) is 62.6 Å². The third kappa shape index (κ3) is 6.44. The number of thiophene rings is 1. The summed E-state index contributed by atoms with van der Waals surface area (Å²) < 4.78 is 26.3. The van der Waals surface area contributed by atoms with Gasteiger partial charge in [0.15, 0.2) is 0 Å². The molecule has 0 atom stereocenters. The SMILES string of the molecule is CCN(Cc1ccc(Br)s1)C(=O)CN1CCC(NS(C)(=O)=O)CC1. The van der Waals surface area contributed by atoms with E-state index < -0.39 is 10.0 Å². The van der Waals surface area contributed by atoms with Gasteiger partial charge in [-0.1, -0.05) is 0 Å². The molecule has 1 aliphatic heterocycles. The van der Waals surface area contributed by atoms with Crippen molar-refractivity contribution in [3.8, 4) is 0 Å². The van der Waals surface area contributed by atoms with Crippen LogP contribution in [0.5, 0.6) is 0 Å². The number of sulfonamides is 1. The second-order valence-electron chi connectivity index (χ2n) is 6.05. The highest BCUT2D eigenvalue weighted by molar-refractivity contribution is 9.11. The molecule has 1 amide bonds. The van der Waals surface area contributed by atoms with Crippen LogP contribution >= 0.6 is 27.3 Å². The van der Waals surface area contributed by atoms with E-state index in [-0.39, 0.29) is 11.9 Å². The van der Waals surface area contributed by atoms with Gasteiger partial charge in [-0.15, -0.1) is 11.3 Å². The smallest absolute Gasteiger partial charge is 0.237 e. The van der Waals surface area contributed by atoms with Gasteiger partial charge in [0.2, 0.25) is 15.9 Å². The molecule has 0 aliphatic carbocycles. The quantitative estimate of drug-likeness (QED) is 0.706. The molecule has 6 nitrogen and oxygen atoms in total. The fraction of sp³-hybridized carbons (Fsp3) is 0.667. The monoisotopic (exact) mass is 437 g/mol. The first-order valence-corrected chi connectivity index (χ1v) is 11.5. The number of carbonyl (C=O) groups excluding carboxylic acids is 1. The molecule has 136 valence electrons. The molecule has 2 rings (SSSR count). The van der Waals surface area contributed by atoms with Crippen LogP contribution in [0.25, 0.3) is 0 Å². The molecule has 1 aromatic rings. The molecule has 0 radical (unpaired) electrons. The molecule has 24 heavy (non-hydrogen) atoms. The second kappa shape index (κ2) is 8.75. The molecule has 2 heterocycles. The maximum absolute atomic E-state index is 12.5. The summed E-state index contributed by atoms with van der Waals surface area (Å²) in [6, 6.07) is 4.02. The minimum atomic E-state index is -3.16. The van der Waals surface area contributed by atoms with Gasteiger partial charge < -0.3 is 4.90 Å². The van der Waals surface area contributed by atoms with E-state index in [9.17, 15) is 13.2 Å². The standard InChI is InChI=1S/C15H24BrN3O3S2/c1-3-19(10-13-4-5-14(16)23-13)15(20)11-18-8-6-12(7-9-18)17-24(2,21)22/h4-5,12,17H,3,6-11H2,1-2H3. The van der Waals surface area contributed by atoms with Crippen molar-refractivity contribution in [2.45, 2.75) is 32.4 Å². The van der Waals surface area contributed by atoms with Gasteiger partial charge in [0.1, 0.15) is 0 Å². The van der Waals surface area contributed by atoms with Crippen LogP contribution in [0, 0.1) is 0 Å². The first-order valence-electron chi connectivity index (χ1n) is 7.98. The predicted octanol–water partition coefficient (Wildman–Crippen LogP) is 1.87. The van der Waals surface area contributed by atoms with E-state index in [1.165, 1.54) is 6.26 Å². The highest BCUT2D eigenvalue weighted by atomic mass is 79.9. The Labute approximate surface area is 156 Å². The topological polar surface area (TPSA) is 69.7 Å². The van der Waals surface area contributed by atoms with E-state index in [4.69, 9.17) is 0 Å². The molecule has 9 heteroatoms. The van der Waals surface area contributed by atoms with Crippen molar-refractivity contribution >= 4 is 43.2 Å². The largest absolute Gasteiger partial charge is 0.337 e. The van der Waals surface area contributed by atoms with Gasteiger partial charge in [-0.2, -0.15) is 0 Å². The molecule has 1 aromatic heterocycles. The maximum atomic E-state index is 12.5. The summed E-state index contributed by atoms with van der Waals surface area (Å²) in [5, 5.41) is 0.